The lowest BCUT2D eigenvalue weighted by Gasteiger charge is -2.06. The molecule has 1 rings (SSSR count). The van der Waals surface area contributed by atoms with Crippen LogP contribution in [0.3, 0.4) is 0 Å². The highest BCUT2D eigenvalue weighted by molar-refractivity contribution is 6.35. The van der Waals surface area contributed by atoms with Crippen LogP contribution in [0, 0.1) is 0 Å². The Morgan fingerprint density at radius 2 is 1.74 bits per heavy atom. The van der Waals surface area contributed by atoms with E-state index in [1.165, 1.54) is 0 Å². The highest BCUT2D eigenvalue weighted by atomic mass is 16.3. The standard InChI is InChI=1S/C13H19N3O3/c17-9-3-1-2-6-15-12(18)13(19)16-10-11-4-7-14-8-5-11/h4-5,7-8,17H,1-3,6,9-10H2,(H,15,18)(H,16,19). The van der Waals surface area contributed by atoms with Crippen LogP contribution in [0.2, 0.25) is 0 Å². The topological polar surface area (TPSA) is 91.3 Å². The molecule has 1 aromatic rings. The zero-order chi connectivity index (χ0) is 13.9. The second kappa shape index (κ2) is 9.04. The monoisotopic (exact) mass is 265 g/mol. The van der Waals surface area contributed by atoms with Gasteiger partial charge in [-0.05, 0) is 37.0 Å². The Bertz CT molecular complexity index is 395. The van der Waals surface area contributed by atoms with Crippen LogP contribution in [0.15, 0.2) is 24.5 Å². The molecule has 0 aliphatic heterocycles. The fourth-order valence-electron chi connectivity index (χ4n) is 1.46. The molecule has 6 nitrogen and oxygen atoms in total. The maximum Gasteiger partial charge on any atom is 0.309 e. The van der Waals surface area contributed by atoms with Crippen LogP contribution in [0.4, 0.5) is 0 Å². The first-order valence-electron chi connectivity index (χ1n) is 6.30. The van der Waals surface area contributed by atoms with Gasteiger partial charge in [-0.15, -0.1) is 0 Å². The summed E-state index contributed by atoms with van der Waals surface area (Å²) in [5.41, 5.74) is 0.888. The van der Waals surface area contributed by atoms with Crippen LogP contribution >= 0.6 is 0 Å². The van der Waals surface area contributed by atoms with E-state index in [0.717, 1.165) is 18.4 Å². The largest absolute Gasteiger partial charge is 0.396 e. The van der Waals surface area contributed by atoms with Crippen LogP contribution in [-0.2, 0) is 16.1 Å². The first-order valence-corrected chi connectivity index (χ1v) is 6.30. The number of pyridine rings is 1. The van der Waals surface area contributed by atoms with Gasteiger partial charge in [-0.2, -0.15) is 0 Å². The van der Waals surface area contributed by atoms with E-state index in [2.05, 4.69) is 15.6 Å². The maximum absolute atomic E-state index is 11.5. The predicted octanol–water partition coefficient (Wildman–Crippen LogP) is -0.0234. The number of rotatable bonds is 7. The van der Waals surface area contributed by atoms with Crippen LogP contribution in [-0.4, -0.2) is 35.1 Å². The van der Waals surface area contributed by atoms with E-state index in [9.17, 15) is 9.59 Å². The molecule has 3 N–H and O–H groups in total. The average molecular weight is 265 g/mol. The summed E-state index contributed by atoms with van der Waals surface area (Å²) in [7, 11) is 0. The van der Waals surface area contributed by atoms with Gasteiger partial charge < -0.3 is 15.7 Å². The van der Waals surface area contributed by atoms with E-state index in [4.69, 9.17) is 5.11 Å². The van der Waals surface area contributed by atoms with Crippen molar-refractivity contribution in [3.8, 4) is 0 Å². The minimum absolute atomic E-state index is 0.153. The number of nitrogens with zero attached hydrogens (tertiary/aromatic N) is 1. The number of carbonyl (C=O) groups excluding carboxylic acids is 2. The van der Waals surface area contributed by atoms with Gasteiger partial charge in [-0.3, -0.25) is 14.6 Å². The lowest BCUT2D eigenvalue weighted by atomic mass is 10.2. The summed E-state index contributed by atoms with van der Waals surface area (Å²) in [6, 6.07) is 3.54. The Labute approximate surface area is 112 Å². The first kappa shape index (κ1) is 15.1. The Morgan fingerprint density at radius 3 is 2.42 bits per heavy atom. The second-order valence-electron chi connectivity index (χ2n) is 4.08. The van der Waals surface area contributed by atoms with E-state index >= 15 is 0 Å². The van der Waals surface area contributed by atoms with Crippen LogP contribution in [0.1, 0.15) is 24.8 Å². The van der Waals surface area contributed by atoms with Gasteiger partial charge in [0.1, 0.15) is 0 Å². The molecule has 2 amide bonds. The summed E-state index contributed by atoms with van der Waals surface area (Å²) in [5.74, 6) is -1.27. The van der Waals surface area contributed by atoms with Gasteiger partial charge >= 0.3 is 11.8 Å². The lowest BCUT2D eigenvalue weighted by Crippen LogP contribution is -2.39. The molecule has 0 spiro atoms. The Hall–Kier alpha value is -1.95. The molecule has 0 aliphatic carbocycles. The number of nitrogens with one attached hydrogen (secondary N) is 2. The van der Waals surface area contributed by atoms with Crippen LogP contribution in [0.25, 0.3) is 0 Å². The molecule has 0 bridgehead atoms. The zero-order valence-corrected chi connectivity index (χ0v) is 10.8. The summed E-state index contributed by atoms with van der Waals surface area (Å²) < 4.78 is 0. The normalized spacial score (nSPS) is 9.95. The molecular weight excluding hydrogens is 246 g/mol. The third-order valence-electron chi connectivity index (χ3n) is 2.53. The number of aliphatic hydroxyl groups is 1. The van der Waals surface area contributed by atoms with Crippen molar-refractivity contribution in [3.63, 3.8) is 0 Å². The number of unbranched alkanes of at least 4 members (excludes halogenated alkanes) is 2. The quantitative estimate of drug-likeness (QED) is 0.477. The van der Waals surface area contributed by atoms with Gasteiger partial charge in [0.15, 0.2) is 0 Å². The summed E-state index contributed by atoms with van der Waals surface area (Å²) in [6.07, 6.45) is 5.55. The van der Waals surface area contributed by atoms with E-state index < -0.39 is 11.8 Å². The SMILES string of the molecule is O=C(NCCCCCO)C(=O)NCc1ccncc1. The summed E-state index contributed by atoms with van der Waals surface area (Å²) in [6.45, 7) is 0.904. The van der Waals surface area contributed by atoms with Gasteiger partial charge in [0, 0.05) is 32.1 Å². The number of aliphatic hydroxyl groups excluding tert-OH is 1. The minimum Gasteiger partial charge on any atom is -0.396 e. The predicted molar refractivity (Wildman–Crippen MR) is 70.0 cm³/mol. The Balaban J connectivity index is 2.16. The van der Waals surface area contributed by atoms with Crippen LogP contribution in [0.5, 0.6) is 0 Å². The lowest BCUT2D eigenvalue weighted by molar-refractivity contribution is -0.139. The molecule has 0 aromatic carbocycles. The Morgan fingerprint density at radius 1 is 1.05 bits per heavy atom. The van der Waals surface area contributed by atoms with E-state index in [1.54, 1.807) is 24.5 Å². The van der Waals surface area contributed by atoms with Crippen molar-refractivity contribution >= 4 is 11.8 Å². The van der Waals surface area contributed by atoms with E-state index in [-0.39, 0.29) is 6.61 Å². The van der Waals surface area contributed by atoms with Crippen LogP contribution < -0.4 is 10.6 Å². The fourth-order valence-corrected chi connectivity index (χ4v) is 1.46. The second-order valence-corrected chi connectivity index (χ2v) is 4.08. The van der Waals surface area contributed by atoms with E-state index in [1.807, 2.05) is 0 Å². The molecule has 19 heavy (non-hydrogen) atoms. The smallest absolute Gasteiger partial charge is 0.309 e. The summed E-state index contributed by atoms with van der Waals surface area (Å²) in [5, 5.41) is 13.6. The zero-order valence-electron chi connectivity index (χ0n) is 10.8. The van der Waals surface area contributed by atoms with Gasteiger partial charge in [0.2, 0.25) is 0 Å². The minimum atomic E-state index is -0.640. The molecule has 0 saturated heterocycles. The molecule has 6 heteroatoms. The fraction of sp³-hybridized carbons (Fsp3) is 0.462. The third-order valence-corrected chi connectivity index (χ3v) is 2.53. The molecule has 1 aromatic heterocycles. The van der Waals surface area contributed by atoms with E-state index in [0.29, 0.717) is 19.5 Å². The molecule has 0 atom stereocenters. The van der Waals surface area contributed by atoms with Crippen molar-refractivity contribution < 1.29 is 14.7 Å². The van der Waals surface area contributed by atoms with Crippen molar-refractivity contribution in [2.75, 3.05) is 13.2 Å². The van der Waals surface area contributed by atoms with Gasteiger partial charge in [-0.25, -0.2) is 0 Å². The average Bonchev–Trinajstić information content (AvgIpc) is 2.45. The number of amides is 2. The van der Waals surface area contributed by atoms with Gasteiger partial charge in [-0.1, -0.05) is 0 Å². The third kappa shape index (κ3) is 6.52. The number of hydrogen-bond donors (Lipinski definition) is 3. The highest BCUT2D eigenvalue weighted by Gasteiger charge is 2.11. The molecular formula is C13H19N3O3. The molecule has 0 unspecified atom stereocenters. The number of hydrogen-bond acceptors (Lipinski definition) is 4. The number of carbonyl (C=O) groups is 2. The van der Waals surface area contributed by atoms with Crippen molar-refractivity contribution in [2.24, 2.45) is 0 Å². The van der Waals surface area contributed by atoms with Crippen molar-refractivity contribution in [1.29, 1.82) is 0 Å². The van der Waals surface area contributed by atoms with Crippen molar-refractivity contribution in [3.05, 3.63) is 30.1 Å². The molecule has 1 heterocycles. The molecule has 0 aliphatic rings. The van der Waals surface area contributed by atoms with Crippen molar-refractivity contribution in [2.45, 2.75) is 25.8 Å². The molecule has 0 saturated carbocycles. The summed E-state index contributed by atoms with van der Waals surface area (Å²) in [4.78, 5) is 26.7. The molecule has 0 fully saturated rings. The first-order chi connectivity index (χ1) is 9.24. The highest BCUT2D eigenvalue weighted by Crippen LogP contribution is 1.95. The maximum atomic E-state index is 11.5. The molecule has 0 radical (unpaired) electrons. The number of aromatic nitrogens is 1. The van der Waals surface area contributed by atoms with Crippen molar-refractivity contribution in [1.82, 2.24) is 15.6 Å². The van der Waals surface area contributed by atoms with Gasteiger partial charge in [0.25, 0.3) is 0 Å². The molecule has 104 valence electrons. The Kier molecular flexibility index (Phi) is 7.19. The summed E-state index contributed by atoms with van der Waals surface area (Å²) >= 11 is 0. The van der Waals surface area contributed by atoms with Gasteiger partial charge in [0.05, 0.1) is 0 Å².